The fourth-order valence-electron chi connectivity index (χ4n) is 4.02. The standard InChI is InChI=1S/C21H36N3O7P/c1-15(25)30-19-17-14-16(18(31-17)20(19)27-4)21(26)23-11-7-5-6-8-12-28-32(24(2)3)29-13-9-10-22/h16-20H,5-9,11-14H2,1-4H3,(H,23,26)/t16?,17?,18-,19?,20+,32?/m0/s1. The SMILES string of the molecule is CO[C@H]1C(OC(C)=O)C2CC(C(=O)NCCCCCCOP(OCCC#N)N(C)C)[C@@H]1O2. The van der Waals surface area contributed by atoms with Crippen molar-refractivity contribution in [1.82, 2.24) is 9.99 Å². The molecule has 1 N–H and O–H groups in total. The van der Waals surface area contributed by atoms with E-state index in [2.05, 4.69) is 11.4 Å². The van der Waals surface area contributed by atoms with Crippen molar-refractivity contribution in [3.63, 3.8) is 0 Å². The van der Waals surface area contributed by atoms with Crippen molar-refractivity contribution in [3.05, 3.63) is 0 Å². The van der Waals surface area contributed by atoms with E-state index in [1.165, 1.54) is 6.92 Å². The Hall–Kier alpha value is -1.34. The molecule has 1 amide bonds. The summed E-state index contributed by atoms with van der Waals surface area (Å²) >= 11 is 0. The number of carbonyl (C=O) groups excluding carboxylic acids is 2. The summed E-state index contributed by atoms with van der Waals surface area (Å²) in [5.41, 5.74) is 0. The summed E-state index contributed by atoms with van der Waals surface area (Å²) in [6.07, 6.45) is 3.15. The zero-order chi connectivity index (χ0) is 23.5. The summed E-state index contributed by atoms with van der Waals surface area (Å²) in [4.78, 5) is 23.9. The Balaban J connectivity index is 1.57. The van der Waals surface area contributed by atoms with Crippen LogP contribution < -0.4 is 5.32 Å². The number of nitriles is 1. The van der Waals surface area contributed by atoms with Gasteiger partial charge in [0.15, 0.2) is 6.10 Å². The molecule has 2 bridgehead atoms. The van der Waals surface area contributed by atoms with Gasteiger partial charge in [0.25, 0.3) is 8.53 Å². The van der Waals surface area contributed by atoms with Crippen molar-refractivity contribution in [2.45, 2.75) is 69.9 Å². The zero-order valence-electron chi connectivity index (χ0n) is 19.5. The molecular formula is C21H36N3O7P. The molecule has 0 aromatic carbocycles. The molecule has 0 aromatic heterocycles. The number of ether oxygens (including phenoxy) is 3. The van der Waals surface area contributed by atoms with Crippen LogP contribution >= 0.6 is 8.53 Å². The smallest absolute Gasteiger partial charge is 0.303 e. The van der Waals surface area contributed by atoms with Gasteiger partial charge < -0.3 is 28.6 Å². The lowest BCUT2D eigenvalue weighted by Crippen LogP contribution is -2.49. The molecule has 0 aromatic rings. The molecule has 0 spiro atoms. The number of nitrogens with one attached hydrogen (secondary N) is 1. The number of unbranched alkanes of at least 4 members (excludes halogenated alkanes) is 3. The molecule has 32 heavy (non-hydrogen) atoms. The van der Waals surface area contributed by atoms with Gasteiger partial charge in [-0.2, -0.15) is 5.26 Å². The number of hydrogen-bond acceptors (Lipinski definition) is 9. The van der Waals surface area contributed by atoms with Gasteiger partial charge in [-0.3, -0.25) is 9.59 Å². The van der Waals surface area contributed by atoms with Crippen LogP contribution in [0, 0.1) is 17.2 Å². The first kappa shape index (κ1) is 26.9. The van der Waals surface area contributed by atoms with Gasteiger partial charge in [-0.25, -0.2) is 4.67 Å². The van der Waals surface area contributed by atoms with Crippen molar-refractivity contribution in [1.29, 1.82) is 5.26 Å². The Morgan fingerprint density at radius 1 is 1.16 bits per heavy atom. The maximum atomic E-state index is 12.6. The predicted molar refractivity (Wildman–Crippen MR) is 117 cm³/mol. The van der Waals surface area contributed by atoms with Crippen LogP contribution in [0.4, 0.5) is 0 Å². The van der Waals surface area contributed by atoms with Crippen LogP contribution in [-0.4, -0.2) is 81.9 Å². The molecule has 4 unspecified atom stereocenters. The number of rotatable bonds is 15. The second-order valence-corrected chi connectivity index (χ2v) is 9.91. The van der Waals surface area contributed by atoms with Crippen molar-refractivity contribution >= 4 is 20.4 Å². The van der Waals surface area contributed by atoms with E-state index in [1.807, 2.05) is 18.8 Å². The van der Waals surface area contributed by atoms with Gasteiger partial charge in [-0.15, -0.1) is 0 Å². The Morgan fingerprint density at radius 3 is 2.53 bits per heavy atom. The number of amides is 1. The largest absolute Gasteiger partial charge is 0.457 e. The molecule has 182 valence electrons. The normalized spacial score (nSPS) is 27.3. The number of hydrogen-bond donors (Lipinski definition) is 1. The third-order valence-electron chi connectivity index (χ3n) is 5.45. The lowest BCUT2D eigenvalue weighted by atomic mass is 9.84. The first-order valence-corrected chi connectivity index (χ1v) is 12.2. The molecule has 0 aliphatic carbocycles. The van der Waals surface area contributed by atoms with Gasteiger partial charge in [0.1, 0.15) is 6.10 Å². The average Bonchev–Trinajstić information content (AvgIpc) is 3.32. The Bertz CT molecular complexity index is 645. The minimum absolute atomic E-state index is 0.0321. The van der Waals surface area contributed by atoms with Gasteiger partial charge in [-0.05, 0) is 33.4 Å². The Morgan fingerprint density at radius 2 is 1.88 bits per heavy atom. The maximum absolute atomic E-state index is 12.6. The lowest BCUT2D eigenvalue weighted by molar-refractivity contribution is -0.155. The van der Waals surface area contributed by atoms with Crippen LogP contribution in [0.1, 0.15) is 45.4 Å². The molecule has 0 radical (unpaired) electrons. The molecule has 2 saturated heterocycles. The molecule has 2 heterocycles. The number of esters is 1. The first-order chi connectivity index (χ1) is 15.4. The Kier molecular flexibility index (Phi) is 11.8. The molecular weight excluding hydrogens is 437 g/mol. The summed E-state index contributed by atoms with van der Waals surface area (Å²) < 4.78 is 29.9. The van der Waals surface area contributed by atoms with Crippen molar-refractivity contribution < 1.29 is 32.8 Å². The second kappa shape index (κ2) is 14.0. The van der Waals surface area contributed by atoms with Gasteiger partial charge in [0.05, 0.1) is 43.8 Å². The number of fused-ring (bicyclic) bond motifs is 2. The van der Waals surface area contributed by atoms with Crippen LogP contribution in [0.3, 0.4) is 0 Å². The van der Waals surface area contributed by atoms with Crippen molar-refractivity contribution in [3.8, 4) is 6.07 Å². The fraction of sp³-hybridized carbons (Fsp3) is 0.857. The van der Waals surface area contributed by atoms with E-state index < -0.39 is 20.7 Å². The molecule has 2 aliphatic heterocycles. The molecule has 0 saturated carbocycles. The highest BCUT2D eigenvalue weighted by molar-refractivity contribution is 7.44. The van der Waals surface area contributed by atoms with Gasteiger partial charge in [0, 0.05) is 20.6 Å². The van der Waals surface area contributed by atoms with E-state index in [0.717, 1.165) is 25.7 Å². The maximum Gasteiger partial charge on any atom is 0.303 e. The molecule has 6 atom stereocenters. The van der Waals surface area contributed by atoms with Crippen molar-refractivity contribution in [2.24, 2.45) is 5.92 Å². The average molecular weight is 474 g/mol. The molecule has 10 nitrogen and oxygen atoms in total. The van der Waals surface area contributed by atoms with E-state index in [4.69, 9.17) is 28.5 Å². The molecule has 2 aliphatic rings. The zero-order valence-corrected chi connectivity index (χ0v) is 20.3. The summed E-state index contributed by atoms with van der Waals surface area (Å²) in [5.74, 6) is -0.684. The van der Waals surface area contributed by atoms with Gasteiger partial charge >= 0.3 is 5.97 Å². The highest BCUT2D eigenvalue weighted by Gasteiger charge is 2.58. The van der Waals surface area contributed by atoms with E-state index in [-0.39, 0.29) is 30.0 Å². The summed E-state index contributed by atoms with van der Waals surface area (Å²) in [6, 6.07) is 2.06. The monoisotopic (exact) mass is 473 g/mol. The van der Waals surface area contributed by atoms with E-state index in [1.54, 1.807) is 7.11 Å². The first-order valence-electron chi connectivity index (χ1n) is 11.1. The van der Waals surface area contributed by atoms with Crippen LogP contribution in [0.2, 0.25) is 0 Å². The third kappa shape index (κ3) is 7.91. The Labute approximate surface area is 191 Å². The number of nitrogens with zero attached hydrogens (tertiary/aromatic N) is 2. The predicted octanol–water partition coefficient (Wildman–Crippen LogP) is 2.13. The number of methoxy groups -OCH3 is 1. The van der Waals surface area contributed by atoms with Crippen molar-refractivity contribution in [2.75, 3.05) is 41.0 Å². The lowest BCUT2D eigenvalue weighted by Gasteiger charge is -2.30. The minimum atomic E-state index is -1.11. The second-order valence-electron chi connectivity index (χ2n) is 8.12. The van der Waals surface area contributed by atoms with Gasteiger partial charge in [-0.1, -0.05) is 12.8 Å². The van der Waals surface area contributed by atoms with E-state index >= 15 is 0 Å². The molecule has 11 heteroatoms. The quantitative estimate of drug-likeness (QED) is 0.217. The fourth-order valence-corrected chi connectivity index (χ4v) is 5.08. The molecule has 2 rings (SSSR count). The number of carbonyl (C=O) groups is 2. The summed E-state index contributed by atoms with van der Waals surface area (Å²) in [7, 11) is 4.22. The van der Waals surface area contributed by atoms with Crippen LogP contribution in [0.5, 0.6) is 0 Å². The summed E-state index contributed by atoms with van der Waals surface area (Å²) in [6.45, 7) is 2.96. The topological polar surface area (TPSA) is 119 Å². The minimum Gasteiger partial charge on any atom is -0.457 e. The van der Waals surface area contributed by atoms with Crippen LogP contribution in [-0.2, 0) is 32.8 Å². The molecule has 2 fully saturated rings. The van der Waals surface area contributed by atoms with Crippen LogP contribution in [0.25, 0.3) is 0 Å². The highest BCUT2D eigenvalue weighted by Crippen LogP contribution is 2.42. The van der Waals surface area contributed by atoms with Gasteiger partial charge in [0.2, 0.25) is 5.91 Å². The van der Waals surface area contributed by atoms with Crippen LogP contribution in [0.15, 0.2) is 0 Å². The van der Waals surface area contributed by atoms with E-state index in [9.17, 15) is 9.59 Å². The summed E-state index contributed by atoms with van der Waals surface area (Å²) in [5, 5.41) is 11.6. The van der Waals surface area contributed by atoms with E-state index in [0.29, 0.717) is 32.6 Å². The third-order valence-corrected chi connectivity index (χ3v) is 6.91. The highest BCUT2D eigenvalue weighted by atomic mass is 31.2.